The number of halogens is 4. The molecule has 7 heteroatoms. The number of aromatic nitrogens is 2. The highest BCUT2D eigenvalue weighted by molar-refractivity contribution is 7.71. The number of aryl methyl sites for hydroxylation is 2. The molecule has 0 atom stereocenters. The standard InChI is InChI=1S/C12H12F4N2S/c13-10(14)5-1-3-8-7-9(18-12(19)17-8)4-2-6-11(15)16/h5-7H,1-4H2,(H,17,18,19). The van der Waals surface area contributed by atoms with Crippen LogP contribution < -0.4 is 0 Å². The van der Waals surface area contributed by atoms with Crippen LogP contribution in [0.5, 0.6) is 0 Å². The minimum absolute atomic E-state index is 0.159. The second kappa shape index (κ2) is 7.83. The van der Waals surface area contributed by atoms with Crippen LogP contribution in [0.3, 0.4) is 0 Å². The van der Waals surface area contributed by atoms with Gasteiger partial charge in [-0.25, -0.2) is 4.98 Å². The van der Waals surface area contributed by atoms with Crippen LogP contribution in [-0.2, 0) is 12.8 Å². The van der Waals surface area contributed by atoms with Gasteiger partial charge in [0.25, 0.3) is 12.2 Å². The van der Waals surface area contributed by atoms with E-state index in [1.807, 2.05) is 0 Å². The summed E-state index contributed by atoms with van der Waals surface area (Å²) in [4.78, 5) is 6.78. The highest BCUT2D eigenvalue weighted by atomic mass is 32.1. The van der Waals surface area contributed by atoms with Gasteiger partial charge in [0.15, 0.2) is 4.77 Å². The fraction of sp³-hybridized carbons (Fsp3) is 0.333. The first-order chi connectivity index (χ1) is 8.97. The van der Waals surface area contributed by atoms with E-state index in [0.29, 0.717) is 24.2 Å². The van der Waals surface area contributed by atoms with Crippen molar-refractivity contribution in [2.45, 2.75) is 25.7 Å². The topological polar surface area (TPSA) is 28.7 Å². The van der Waals surface area contributed by atoms with Crippen molar-refractivity contribution in [3.8, 4) is 0 Å². The molecule has 2 nitrogen and oxygen atoms in total. The van der Waals surface area contributed by atoms with E-state index in [4.69, 9.17) is 12.2 Å². The summed E-state index contributed by atoms with van der Waals surface area (Å²) in [5, 5.41) is 0. The zero-order valence-electron chi connectivity index (χ0n) is 9.93. The van der Waals surface area contributed by atoms with Crippen molar-refractivity contribution in [1.82, 2.24) is 9.97 Å². The number of nitrogens with one attached hydrogen (secondary N) is 1. The number of aromatic amines is 1. The zero-order valence-corrected chi connectivity index (χ0v) is 10.7. The van der Waals surface area contributed by atoms with Gasteiger partial charge in [-0.2, -0.15) is 17.6 Å². The van der Waals surface area contributed by atoms with E-state index in [-0.39, 0.29) is 17.6 Å². The highest BCUT2D eigenvalue weighted by Gasteiger charge is 2.00. The largest absolute Gasteiger partial charge is 0.334 e. The fourth-order valence-corrected chi connectivity index (χ4v) is 1.74. The van der Waals surface area contributed by atoms with Gasteiger partial charge in [0, 0.05) is 11.4 Å². The van der Waals surface area contributed by atoms with Crippen molar-refractivity contribution in [3.05, 3.63) is 46.5 Å². The Bertz CT molecular complexity index is 486. The molecule has 1 N–H and O–H groups in total. The monoisotopic (exact) mass is 292 g/mol. The van der Waals surface area contributed by atoms with E-state index in [1.54, 1.807) is 6.07 Å². The molecule has 1 rings (SSSR count). The average Bonchev–Trinajstić information content (AvgIpc) is 2.27. The zero-order chi connectivity index (χ0) is 14.3. The third kappa shape index (κ3) is 6.85. The van der Waals surface area contributed by atoms with Crippen LogP contribution in [0.25, 0.3) is 0 Å². The Hall–Kier alpha value is -1.50. The van der Waals surface area contributed by atoms with Gasteiger partial charge < -0.3 is 4.98 Å². The summed E-state index contributed by atoms with van der Waals surface area (Å²) in [5.41, 5.74) is 1.23. The molecule has 0 radical (unpaired) electrons. The number of hydrogen-bond acceptors (Lipinski definition) is 2. The molecule has 1 heterocycles. The first-order valence-electron chi connectivity index (χ1n) is 5.59. The highest BCUT2D eigenvalue weighted by Crippen LogP contribution is 2.09. The molecule has 0 aromatic carbocycles. The number of hydrogen-bond donors (Lipinski definition) is 1. The number of rotatable bonds is 6. The first-order valence-corrected chi connectivity index (χ1v) is 5.99. The summed E-state index contributed by atoms with van der Waals surface area (Å²) >= 11 is 4.90. The van der Waals surface area contributed by atoms with Crippen molar-refractivity contribution in [3.63, 3.8) is 0 Å². The lowest BCUT2D eigenvalue weighted by Gasteiger charge is -2.03. The first kappa shape index (κ1) is 15.6. The van der Waals surface area contributed by atoms with Gasteiger partial charge in [-0.3, -0.25) is 0 Å². The molecule has 0 amide bonds. The molecule has 0 saturated heterocycles. The van der Waals surface area contributed by atoms with Crippen LogP contribution in [0.2, 0.25) is 0 Å². The molecule has 0 aliphatic rings. The van der Waals surface area contributed by atoms with Gasteiger partial charge in [0.05, 0.1) is 0 Å². The Morgan fingerprint density at radius 2 is 1.68 bits per heavy atom. The van der Waals surface area contributed by atoms with E-state index in [0.717, 1.165) is 12.2 Å². The summed E-state index contributed by atoms with van der Waals surface area (Å²) in [6.07, 6.45) is -0.801. The van der Waals surface area contributed by atoms with E-state index in [1.165, 1.54) is 0 Å². The van der Waals surface area contributed by atoms with Crippen LogP contribution >= 0.6 is 12.2 Å². The average molecular weight is 292 g/mol. The summed E-state index contributed by atoms with van der Waals surface area (Å²) in [6.45, 7) is 0. The molecular weight excluding hydrogens is 280 g/mol. The predicted molar refractivity (Wildman–Crippen MR) is 66.7 cm³/mol. The molecule has 0 fully saturated rings. The van der Waals surface area contributed by atoms with Crippen LogP contribution in [0, 0.1) is 4.77 Å². The van der Waals surface area contributed by atoms with Gasteiger partial charge >= 0.3 is 0 Å². The van der Waals surface area contributed by atoms with E-state index in [9.17, 15) is 17.6 Å². The van der Waals surface area contributed by atoms with Gasteiger partial charge in [0.1, 0.15) is 0 Å². The summed E-state index contributed by atoms with van der Waals surface area (Å²) < 4.78 is 47.7. The SMILES string of the molecule is FC(F)=CCCc1cc(CCC=C(F)F)[nH]c(=S)n1. The lowest BCUT2D eigenvalue weighted by molar-refractivity contribution is 0.416. The van der Waals surface area contributed by atoms with Crippen molar-refractivity contribution in [2.75, 3.05) is 0 Å². The predicted octanol–water partition coefficient (Wildman–Crippen LogP) is 4.57. The van der Waals surface area contributed by atoms with Gasteiger partial charge in [0.2, 0.25) is 0 Å². The smallest absolute Gasteiger partial charge is 0.266 e. The van der Waals surface area contributed by atoms with Crippen LogP contribution in [0.4, 0.5) is 17.6 Å². The Labute approximate surface area is 112 Å². The molecule has 19 heavy (non-hydrogen) atoms. The molecule has 0 bridgehead atoms. The van der Waals surface area contributed by atoms with E-state index in [2.05, 4.69) is 9.97 Å². The molecular formula is C12H12F4N2S. The molecule has 1 aromatic rings. The molecule has 0 unspecified atom stereocenters. The van der Waals surface area contributed by atoms with Gasteiger partial charge in [-0.15, -0.1) is 0 Å². The Balaban J connectivity index is 2.68. The Kier molecular flexibility index (Phi) is 6.41. The number of H-pyrrole nitrogens is 1. The second-order valence-electron chi connectivity index (χ2n) is 3.77. The van der Waals surface area contributed by atoms with Crippen LogP contribution in [0.15, 0.2) is 30.4 Å². The Morgan fingerprint density at radius 1 is 1.11 bits per heavy atom. The van der Waals surface area contributed by atoms with E-state index < -0.39 is 12.2 Å². The summed E-state index contributed by atoms with van der Waals surface area (Å²) in [6, 6.07) is 1.66. The van der Waals surface area contributed by atoms with Crippen molar-refractivity contribution >= 4 is 12.2 Å². The third-order valence-corrected chi connectivity index (χ3v) is 2.46. The van der Waals surface area contributed by atoms with Crippen molar-refractivity contribution < 1.29 is 17.6 Å². The molecule has 0 saturated carbocycles. The van der Waals surface area contributed by atoms with Gasteiger partial charge in [-0.1, -0.05) is 0 Å². The maximum absolute atomic E-state index is 11.9. The lowest BCUT2D eigenvalue weighted by atomic mass is 10.1. The van der Waals surface area contributed by atoms with E-state index >= 15 is 0 Å². The number of allylic oxidation sites excluding steroid dienone is 2. The minimum Gasteiger partial charge on any atom is -0.334 e. The lowest BCUT2D eigenvalue weighted by Crippen LogP contribution is -1.98. The summed E-state index contributed by atoms with van der Waals surface area (Å²) in [5.74, 6) is 0. The Morgan fingerprint density at radius 3 is 2.26 bits per heavy atom. The molecule has 0 aliphatic heterocycles. The quantitative estimate of drug-likeness (QED) is 0.615. The van der Waals surface area contributed by atoms with Crippen molar-refractivity contribution in [2.24, 2.45) is 0 Å². The van der Waals surface area contributed by atoms with Gasteiger partial charge in [-0.05, 0) is 56.1 Å². The number of nitrogens with zero attached hydrogens (tertiary/aromatic N) is 1. The third-order valence-electron chi connectivity index (χ3n) is 2.26. The van der Waals surface area contributed by atoms with Crippen LogP contribution in [0.1, 0.15) is 24.2 Å². The molecule has 104 valence electrons. The molecule has 1 aromatic heterocycles. The molecule has 0 aliphatic carbocycles. The normalized spacial score (nSPS) is 10.1. The van der Waals surface area contributed by atoms with Crippen LogP contribution in [-0.4, -0.2) is 9.97 Å². The fourth-order valence-electron chi connectivity index (χ4n) is 1.49. The maximum Gasteiger partial charge on any atom is 0.266 e. The minimum atomic E-state index is -1.73. The molecule has 0 spiro atoms. The second-order valence-corrected chi connectivity index (χ2v) is 4.15. The van der Waals surface area contributed by atoms with Crippen molar-refractivity contribution in [1.29, 1.82) is 0 Å². The maximum atomic E-state index is 11.9. The summed E-state index contributed by atoms with van der Waals surface area (Å²) in [7, 11) is 0.